The van der Waals surface area contributed by atoms with E-state index in [2.05, 4.69) is 21.6 Å². The number of fused-ring (bicyclic) bond motifs is 1. The highest BCUT2D eigenvalue weighted by Gasteiger charge is 2.25. The number of aryl methyl sites for hydroxylation is 1. The highest BCUT2D eigenvalue weighted by Crippen LogP contribution is 2.31. The molecule has 0 atom stereocenters. The van der Waals surface area contributed by atoms with Gasteiger partial charge < -0.3 is 15.0 Å². The van der Waals surface area contributed by atoms with Gasteiger partial charge in [0.15, 0.2) is 11.0 Å². The van der Waals surface area contributed by atoms with Crippen LogP contribution in [0.5, 0.6) is 5.75 Å². The standard InChI is InChI=1S/C30H32N6O5S2/c1-34(2)43(39,40)23-16-14-22(15-17-23)29(38)31-19-27-32-33-30(36(27)25-12-6-7-13-26(25)41-3)42-20-28(37)35-18-8-10-21-9-4-5-11-24(21)35/h4-7,9,11-17H,8,10,18-20H2,1-3H3,(H,31,38). The van der Waals surface area contributed by atoms with Gasteiger partial charge in [-0.1, -0.05) is 42.1 Å². The van der Waals surface area contributed by atoms with Gasteiger partial charge in [0.05, 0.1) is 30.0 Å². The van der Waals surface area contributed by atoms with E-state index in [1.54, 1.807) is 11.7 Å². The molecule has 43 heavy (non-hydrogen) atoms. The molecule has 5 rings (SSSR count). The maximum atomic E-state index is 13.3. The summed E-state index contributed by atoms with van der Waals surface area (Å²) in [6.45, 7) is 0.685. The molecule has 224 valence electrons. The van der Waals surface area contributed by atoms with Gasteiger partial charge in [-0.05, 0) is 60.9 Å². The van der Waals surface area contributed by atoms with Crippen LogP contribution in [0.1, 0.15) is 28.2 Å². The fourth-order valence-corrected chi connectivity index (χ4v) is 6.55. The summed E-state index contributed by atoms with van der Waals surface area (Å²) in [5.41, 5.74) is 3.07. The van der Waals surface area contributed by atoms with Crippen LogP contribution in [0.3, 0.4) is 0 Å². The molecule has 0 unspecified atom stereocenters. The first kappa shape index (κ1) is 30.3. The number of carbonyl (C=O) groups is 2. The molecule has 0 spiro atoms. The number of amides is 2. The van der Waals surface area contributed by atoms with Crippen molar-refractivity contribution < 1.29 is 22.7 Å². The van der Waals surface area contributed by atoms with Crippen LogP contribution in [-0.4, -0.2) is 72.8 Å². The number of aromatic nitrogens is 3. The molecule has 4 aromatic rings. The molecule has 1 aliphatic heterocycles. The summed E-state index contributed by atoms with van der Waals surface area (Å²) < 4.78 is 33.2. The Morgan fingerprint density at radius 2 is 1.67 bits per heavy atom. The van der Waals surface area contributed by atoms with Crippen molar-refractivity contribution in [3.63, 3.8) is 0 Å². The Kier molecular flexibility index (Phi) is 9.14. The number of para-hydroxylation sites is 3. The number of hydrogen-bond acceptors (Lipinski definition) is 8. The van der Waals surface area contributed by atoms with Gasteiger partial charge in [0.25, 0.3) is 5.91 Å². The topological polar surface area (TPSA) is 127 Å². The summed E-state index contributed by atoms with van der Waals surface area (Å²) >= 11 is 1.26. The summed E-state index contributed by atoms with van der Waals surface area (Å²) in [5.74, 6) is 0.724. The third-order valence-corrected chi connectivity index (χ3v) is 9.81. The van der Waals surface area contributed by atoms with Gasteiger partial charge in [-0.3, -0.25) is 14.2 Å². The van der Waals surface area contributed by atoms with E-state index in [1.807, 2.05) is 47.4 Å². The Bertz CT molecular complexity index is 1740. The van der Waals surface area contributed by atoms with Gasteiger partial charge >= 0.3 is 0 Å². The third-order valence-electron chi connectivity index (χ3n) is 7.06. The molecule has 0 aliphatic carbocycles. The number of hydrogen-bond donors (Lipinski definition) is 1. The first-order valence-electron chi connectivity index (χ1n) is 13.6. The fourth-order valence-electron chi connectivity index (χ4n) is 4.81. The van der Waals surface area contributed by atoms with Gasteiger partial charge in [-0.15, -0.1) is 10.2 Å². The van der Waals surface area contributed by atoms with Crippen LogP contribution in [-0.2, 0) is 27.8 Å². The molecule has 0 radical (unpaired) electrons. The van der Waals surface area contributed by atoms with E-state index in [-0.39, 0.29) is 23.1 Å². The first-order valence-corrected chi connectivity index (χ1v) is 16.0. The first-order chi connectivity index (χ1) is 20.7. The molecule has 2 heterocycles. The quantitative estimate of drug-likeness (QED) is 0.267. The minimum absolute atomic E-state index is 0.0234. The maximum Gasteiger partial charge on any atom is 0.251 e. The molecule has 0 saturated heterocycles. The molecule has 1 N–H and O–H groups in total. The monoisotopic (exact) mass is 620 g/mol. The highest BCUT2D eigenvalue weighted by molar-refractivity contribution is 7.99. The van der Waals surface area contributed by atoms with Gasteiger partial charge in [-0.2, -0.15) is 0 Å². The lowest BCUT2D eigenvalue weighted by Crippen LogP contribution is -2.36. The number of benzene rings is 3. The van der Waals surface area contributed by atoms with E-state index in [9.17, 15) is 18.0 Å². The largest absolute Gasteiger partial charge is 0.495 e. The average Bonchev–Trinajstić information content (AvgIpc) is 3.44. The number of sulfonamides is 1. The van der Waals surface area contributed by atoms with E-state index in [1.165, 1.54) is 50.1 Å². The number of nitrogens with zero attached hydrogens (tertiary/aromatic N) is 5. The van der Waals surface area contributed by atoms with Gasteiger partial charge in [0.1, 0.15) is 5.75 Å². The van der Waals surface area contributed by atoms with Crippen LogP contribution >= 0.6 is 11.8 Å². The Balaban J connectivity index is 1.35. The zero-order valence-electron chi connectivity index (χ0n) is 24.1. The Hall–Kier alpha value is -4.20. The lowest BCUT2D eigenvalue weighted by molar-refractivity contribution is -0.116. The van der Waals surface area contributed by atoms with E-state index in [0.29, 0.717) is 34.5 Å². The number of thioether (sulfide) groups is 1. The number of methoxy groups -OCH3 is 1. The van der Waals surface area contributed by atoms with Crippen molar-refractivity contribution >= 4 is 39.3 Å². The highest BCUT2D eigenvalue weighted by atomic mass is 32.2. The normalized spacial score (nSPS) is 13.1. The number of rotatable bonds is 10. The fraction of sp³-hybridized carbons (Fsp3) is 0.267. The maximum absolute atomic E-state index is 13.3. The molecule has 11 nitrogen and oxygen atoms in total. The van der Waals surface area contributed by atoms with Crippen molar-refractivity contribution in [3.05, 3.63) is 89.7 Å². The second-order valence-electron chi connectivity index (χ2n) is 9.97. The Morgan fingerprint density at radius 3 is 2.40 bits per heavy atom. The second kappa shape index (κ2) is 13.0. The Morgan fingerprint density at radius 1 is 0.977 bits per heavy atom. The van der Waals surface area contributed by atoms with Crippen LogP contribution < -0.4 is 15.0 Å². The molecule has 13 heteroatoms. The van der Waals surface area contributed by atoms with Crippen molar-refractivity contribution in [1.29, 1.82) is 0 Å². The van der Waals surface area contributed by atoms with Crippen LogP contribution in [0, 0.1) is 0 Å². The van der Waals surface area contributed by atoms with Gasteiger partial charge in [0.2, 0.25) is 15.9 Å². The molecular weight excluding hydrogens is 589 g/mol. The lowest BCUT2D eigenvalue weighted by Gasteiger charge is -2.29. The molecule has 1 aromatic heterocycles. The summed E-state index contributed by atoms with van der Waals surface area (Å²) in [4.78, 5) is 28.2. The third kappa shape index (κ3) is 6.43. The second-order valence-corrected chi connectivity index (χ2v) is 13.1. The molecular formula is C30H32N6O5S2. The van der Waals surface area contributed by atoms with Gasteiger partial charge in [0, 0.05) is 31.9 Å². The molecule has 0 fully saturated rings. The number of ether oxygens (including phenoxy) is 1. The number of nitrogens with one attached hydrogen (secondary N) is 1. The minimum Gasteiger partial charge on any atom is -0.495 e. The van der Waals surface area contributed by atoms with Crippen LogP contribution in [0.4, 0.5) is 5.69 Å². The molecule has 0 saturated carbocycles. The van der Waals surface area contributed by atoms with Crippen molar-refractivity contribution in [2.45, 2.75) is 29.4 Å². The molecule has 1 aliphatic rings. The molecule has 0 bridgehead atoms. The Labute approximate surface area is 254 Å². The summed E-state index contributed by atoms with van der Waals surface area (Å²) in [6.07, 6.45) is 1.85. The van der Waals surface area contributed by atoms with Crippen molar-refractivity contribution in [2.24, 2.45) is 0 Å². The number of carbonyl (C=O) groups excluding carboxylic acids is 2. The van der Waals surface area contributed by atoms with Crippen LogP contribution in [0.2, 0.25) is 0 Å². The smallest absolute Gasteiger partial charge is 0.251 e. The zero-order valence-corrected chi connectivity index (χ0v) is 25.7. The van der Waals surface area contributed by atoms with E-state index < -0.39 is 15.9 Å². The summed E-state index contributed by atoms with van der Waals surface area (Å²) in [7, 11) is 0.850. The summed E-state index contributed by atoms with van der Waals surface area (Å²) in [6, 6.07) is 21.0. The van der Waals surface area contributed by atoms with E-state index in [0.717, 1.165) is 28.4 Å². The summed E-state index contributed by atoms with van der Waals surface area (Å²) in [5, 5.41) is 12.0. The average molecular weight is 621 g/mol. The van der Waals surface area contributed by atoms with E-state index in [4.69, 9.17) is 4.74 Å². The predicted molar refractivity (Wildman–Crippen MR) is 164 cm³/mol. The zero-order chi connectivity index (χ0) is 30.6. The van der Waals surface area contributed by atoms with Crippen molar-refractivity contribution in [2.75, 3.05) is 38.4 Å². The van der Waals surface area contributed by atoms with E-state index >= 15 is 0 Å². The molecule has 3 aromatic carbocycles. The lowest BCUT2D eigenvalue weighted by atomic mass is 10.0. The van der Waals surface area contributed by atoms with Crippen LogP contribution in [0.25, 0.3) is 5.69 Å². The minimum atomic E-state index is -3.61. The number of anilines is 1. The van der Waals surface area contributed by atoms with Crippen molar-refractivity contribution in [1.82, 2.24) is 24.4 Å². The SMILES string of the molecule is COc1ccccc1-n1c(CNC(=O)c2ccc(S(=O)(=O)N(C)C)cc2)nnc1SCC(=O)N1CCCc2ccccc21. The van der Waals surface area contributed by atoms with Crippen molar-refractivity contribution in [3.8, 4) is 11.4 Å². The van der Waals surface area contributed by atoms with Crippen LogP contribution in [0.15, 0.2) is 82.8 Å². The molecule has 2 amide bonds. The van der Waals surface area contributed by atoms with Gasteiger partial charge in [-0.25, -0.2) is 12.7 Å². The predicted octanol–water partition coefficient (Wildman–Crippen LogP) is 3.53.